The van der Waals surface area contributed by atoms with Crippen molar-refractivity contribution in [1.29, 1.82) is 0 Å². The predicted octanol–water partition coefficient (Wildman–Crippen LogP) is 2.78. The molecule has 0 unspecified atom stereocenters. The molecule has 1 aliphatic carbocycles. The topological polar surface area (TPSA) is 106 Å². The summed E-state index contributed by atoms with van der Waals surface area (Å²) >= 11 is 0. The van der Waals surface area contributed by atoms with E-state index in [2.05, 4.69) is 35.3 Å². The van der Waals surface area contributed by atoms with Crippen LogP contribution in [-0.2, 0) is 5.41 Å². The molecular formula is C18H17FN6O2. The van der Waals surface area contributed by atoms with Gasteiger partial charge in [0.1, 0.15) is 12.1 Å². The van der Waals surface area contributed by atoms with Crippen molar-refractivity contribution in [2.75, 3.05) is 17.2 Å². The van der Waals surface area contributed by atoms with Crippen LogP contribution in [0.25, 0.3) is 0 Å². The van der Waals surface area contributed by atoms with Gasteiger partial charge in [-0.1, -0.05) is 11.6 Å². The number of aromatic nitrogens is 4. The molecule has 27 heavy (non-hydrogen) atoms. The van der Waals surface area contributed by atoms with Crippen molar-refractivity contribution < 1.29 is 13.7 Å². The smallest absolute Gasteiger partial charge is 0.260 e. The number of amides is 1. The molecule has 0 aliphatic heterocycles. The van der Waals surface area contributed by atoms with Crippen LogP contribution in [0.1, 0.15) is 35.3 Å². The highest BCUT2D eigenvalue weighted by Gasteiger charge is 2.41. The molecule has 0 spiro atoms. The maximum absolute atomic E-state index is 14.2. The highest BCUT2D eigenvalue weighted by molar-refractivity contribution is 6.03. The predicted molar refractivity (Wildman–Crippen MR) is 94.7 cm³/mol. The van der Waals surface area contributed by atoms with Gasteiger partial charge in [-0.3, -0.25) is 9.78 Å². The van der Waals surface area contributed by atoms with Crippen LogP contribution in [0.4, 0.5) is 16.2 Å². The Morgan fingerprint density at radius 3 is 2.67 bits per heavy atom. The number of rotatable bonds is 6. The molecular weight excluding hydrogens is 351 g/mol. The lowest BCUT2D eigenvalue weighted by molar-refractivity contribution is 0.102. The van der Waals surface area contributed by atoms with E-state index >= 15 is 0 Å². The zero-order chi connectivity index (χ0) is 18.7. The average molecular weight is 368 g/mol. The van der Waals surface area contributed by atoms with Crippen molar-refractivity contribution in [1.82, 2.24) is 20.1 Å². The second kappa shape index (κ2) is 7.10. The van der Waals surface area contributed by atoms with Gasteiger partial charge in [-0.15, -0.1) is 0 Å². The minimum absolute atomic E-state index is 0.290. The molecule has 0 atom stereocenters. The van der Waals surface area contributed by atoms with Gasteiger partial charge >= 0.3 is 0 Å². The molecule has 1 aliphatic rings. The molecule has 138 valence electrons. The summed E-state index contributed by atoms with van der Waals surface area (Å²) < 4.78 is 18.8. The molecule has 0 aromatic carbocycles. The van der Waals surface area contributed by atoms with Crippen LogP contribution in [0.5, 0.6) is 0 Å². The number of carbonyl (C=O) groups is 1. The van der Waals surface area contributed by atoms with E-state index in [1.807, 2.05) is 0 Å². The molecule has 1 fully saturated rings. The summed E-state index contributed by atoms with van der Waals surface area (Å²) in [5.41, 5.74) is 0.419. The third kappa shape index (κ3) is 3.48. The molecule has 2 N–H and O–H groups in total. The molecule has 4 rings (SSSR count). The van der Waals surface area contributed by atoms with E-state index in [-0.39, 0.29) is 22.7 Å². The first-order chi connectivity index (χ1) is 13.2. The molecule has 9 heteroatoms. The molecule has 3 heterocycles. The van der Waals surface area contributed by atoms with E-state index in [0.717, 1.165) is 19.3 Å². The van der Waals surface area contributed by atoms with E-state index < -0.39 is 0 Å². The number of nitrogens with one attached hydrogen (secondary N) is 2. The van der Waals surface area contributed by atoms with Gasteiger partial charge in [0.25, 0.3) is 5.91 Å². The Morgan fingerprint density at radius 1 is 1.22 bits per heavy atom. The van der Waals surface area contributed by atoms with Crippen molar-refractivity contribution >= 4 is 17.7 Å². The van der Waals surface area contributed by atoms with E-state index in [0.29, 0.717) is 24.0 Å². The van der Waals surface area contributed by atoms with E-state index in [1.165, 1.54) is 30.8 Å². The fraction of sp³-hybridized carbons (Fsp3) is 0.278. The maximum atomic E-state index is 14.2. The molecule has 1 saturated carbocycles. The average Bonchev–Trinajstić information content (AvgIpc) is 3.15. The summed E-state index contributed by atoms with van der Waals surface area (Å²) in [4.78, 5) is 24.6. The van der Waals surface area contributed by atoms with Crippen LogP contribution in [0.15, 0.2) is 47.6 Å². The van der Waals surface area contributed by atoms with Crippen molar-refractivity contribution in [3.63, 3.8) is 0 Å². The fourth-order valence-electron chi connectivity index (χ4n) is 3.13. The van der Waals surface area contributed by atoms with Crippen molar-refractivity contribution in [2.45, 2.75) is 24.7 Å². The quantitative estimate of drug-likeness (QED) is 0.689. The zero-order valence-electron chi connectivity index (χ0n) is 14.4. The Morgan fingerprint density at radius 2 is 2.04 bits per heavy atom. The standard InChI is InChI=1S/C18H17FN6O2/c19-13-3-1-7-20-15(13)18(5-2-6-18)11-23-17-21-9-12(10-22-17)16(26)24-14-4-8-27-25-14/h1,3-4,7-10H,2,5-6,11H2,(H,21,22,23)(H,24,25,26). The fourth-order valence-corrected chi connectivity index (χ4v) is 3.13. The Labute approximate surface area is 154 Å². The van der Waals surface area contributed by atoms with Crippen LogP contribution in [0.2, 0.25) is 0 Å². The zero-order valence-corrected chi connectivity index (χ0v) is 14.4. The summed E-state index contributed by atoms with van der Waals surface area (Å²) in [6, 6.07) is 4.55. The van der Waals surface area contributed by atoms with E-state index in [1.54, 1.807) is 12.3 Å². The number of hydrogen-bond donors (Lipinski definition) is 2. The van der Waals surface area contributed by atoms with Crippen molar-refractivity contribution in [3.05, 3.63) is 60.1 Å². The summed E-state index contributed by atoms with van der Waals surface area (Å²) in [6.07, 6.45) is 8.54. The van der Waals surface area contributed by atoms with Crippen molar-refractivity contribution in [3.8, 4) is 0 Å². The lowest BCUT2D eigenvalue weighted by Gasteiger charge is -2.41. The molecule has 8 nitrogen and oxygen atoms in total. The third-order valence-electron chi connectivity index (χ3n) is 4.75. The largest absolute Gasteiger partial charge is 0.363 e. The SMILES string of the molecule is O=C(Nc1ccon1)c1cnc(NCC2(c3ncccc3F)CCC2)nc1. The molecule has 0 bridgehead atoms. The Bertz CT molecular complexity index is 925. The highest BCUT2D eigenvalue weighted by atomic mass is 19.1. The molecule has 0 radical (unpaired) electrons. The van der Waals surface area contributed by atoms with Crippen LogP contribution < -0.4 is 10.6 Å². The van der Waals surface area contributed by atoms with Crippen LogP contribution >= 0.6 is 0 Å². The van der Waals surface area contributed by atoms with Crippen LogP contribution in [0.3, 0.4) is 0 Å². The summed E-state index contributed by atoms with van der Waals surface area (Å²) in [5.74, 6) is 0.00313. The lowest BCUT2D eigenvalue weighted by Crippen LogP contribution is -2.42. The van der Waals surface area contributed by atoms with E-state index in [4.69, 9.17) is 0 Å². The minimum Gasteiger partial charge on any atom is -0.363 e. The number of carbonyl (C=O) groups excluding carboxylic acids is 1. The molecule has 1 amide bonds. The number of halogens is 1. The van der Waals surface area contributed by atoms with Gasteiger partial charge in [0.15, 0.2) is 5.82 Å². The molecule has 3 aromatic rings. The van der Waals surface area contributed by atoms with Gasteiger partial charge in [-0.05, 0) is 25.0 Å². The summed E-state index contributed by atoms with van der Waals surface area (Å²) in [6.45, 7) is 0.478. The van der Waals surface area contributed by atoms with Crippen LogP contribution in [-0.4, -0.2) is 32.6 Å². The Kier molecular flexibility index (Phi) is 4.49. The van der Waals surface area contributed by atoms with Gasteiger partial charge in [0.05, 0.1) is 11.3 Å². The second-order valence-corrected chi connectivity index (χ2v) is 6.46. The third-order valence-corrected chi connectivity index (χ3v) is 4.75. The monoisotopic (exact) mass is 368 g/mol. The normalized spacial score (nSPS) is 15.0. The van der Waals surface area contributed by atoms with Gasteiger partial charge in [-0.25, -0.2) is 14.4 Å². The van der Waals surface area contributed by atoms with E-state index in [9.17, 15) is 9.18 Å². The maximum Gasteiger partial charge on any atom is 0.260 e. The first kappa shape index (κ1) is 17.1. The van der Waals surface area contributed by atoms with Gasteiger partial charge < -0.3 is 15.2 Å². The highest BCUT2D eigenvalue weighted by Crippen LogP contribution is 2.43. The Hall–Kier alpha value is -3.36. The number of hydrogen-bond acceptors (Lipinski definition) is 7. The summed E-state index contributed by atoms with van der Waals surface area (Å²) in [5, 5.41) is 9.31. The Balaban J connectivity index is 1.41. The molecule has 0 saturated heterocycles. The molecule has 3 aromatic heterocycles. The number of pyridine rings is 1. The number of anilines is 2. The summed E-state index contributed by atoms with van der Waals surface area (Å²) in [7, 11) is 0. The van der Waals surface area contributed by atoms with Gasteiger partial charge in [0, 0.05) is 36.6 Å². The lowest BCUT2D eigenvalue weighted by atomic mass is 9.66. The van der Waals surface area contributed by atoms with Gasteiger partial charge in [-0.2, -0.15) is 0 Å². The van der Waals surface area contributed by atoms with Crippen LogP contribution in [0, 0.1) is 5.82 Å². The van der Waals surface area contributed by atoms with Gasteiger partial charge in [0.2, 0.25) is 5.95 Å². The first-order valence-corrected chi connectivity index (χ1v) is 8.55. The second-order valence-electron chi connectivity index (χ2n) is 6.46. The number of nitrogens with zero attached hydrogens (tertiary/aromatic N) is 4. The first-order valence-electron chi connectivity index (χ1n) is 8.55. The van der Waals surface area contributed by atoms with Crippen molar-refractivity contribution in [2.24, 2.45) is 0 Å². The minimum atomic E-state index is -0.388.